The molecule has 0 spiro atoms. The van der Waals surface area contributed by atoms with Gasteiger partial charge in [0.2, 0.25) is 11.8 Å². The number of nitrogens with one attached hydrogen (secondary N) is 1. The van der Waals surface area contributed by atoms with Gasteiger partial charge in [0.1, 0.15) is 6.04 Å². The molecule has 27 heavy (non-hydrogen) atoms. The fourth-order valence-corrected chi connectivity index (χ4v) is 4.84. The molecule has 0 aromatic heterocycles. The maximum Gasteiger partial charge on any atom is 0.337 e. The fourth-order valence-electron chi connectivity index (χ4n) is 3.41. The molecule has 2 saturated heterocycles. The van der Waals surface area contributed by atoms with E-state index in [2.05, 4.69) is 14.8 Å². The number of carbonyl (C=O) groups is 4. The number of ether oxygens (including phenoxy) is 2. The van der Waals surface area contributed by atoms with E-state index < -0.39 is 18.0 Å². The molecule has 9 heteroatoms. The normalized spacial score (nSPS) is 23.7. The van der Waals surface area contributed by atoms with Crippen LogP contribution in [0.3, 0.4) is 0 Å². The Morgan fingerprint density at radius 2 is 1.74 bits per heavy atom. The van der Waals surface area contributed by atoms with E-state index in [4.69, 9.17) is 0 Å². The minimum absolute atomic E-state index is 0.0405. The van der Waals surface area contributed by atoms with Crippen molar-refractivity contribution < 1.29 is 28.7 Å². The Balaban J connectivity index is 1.86. The summed E-state index contributed by atoms with van der Waals surface area (Å²) in [6, 6.07) is 3.57. The van der Waals surface area contributed by atoms with Gasteiger partial charge in [0.15, 0.2) is 0 Å². The Bertz CT molecular complexity index is 792. The van der Waals surface area contributed by atoms with Gasteiger partial charge in [0, 0.05) is 17.9 Å². The van der Waals surface area contributed by atoms with Gasteiger partial charge in [-0.15, -0.1) is 11.8 Å². The SMILES string of the molecule is COC(=O)c1cc(NC(=O)[C@H]2CS[C@@]3(C)CCC(=O)N23)cc(C(=O)OC)c1. The lowest BCUT2D eigenvalue weighted by atomic mass is 10.1. The summed E-state index contributed by atoms with van der Waals surface area (Å²) >= 11 is 1.59. The molecule has 3 rings (SSSR count). The molecule has 2 fully saturated rings. The molecular formula is C18H20N2O6S. The van der Waals surface area contributed by atoms with E-state index in [0.717, 1.165) is 0 Å². The van der Waals surface area contributed by atoms with Crippen molar-refractivity contribution in [1.29, 1.82) is 0 Å². The van der Waals surface area contributed by atoms with Crippen LogP contribution in [-0.2, 0) is 19.1 Å². The fraction of sp³-hybridized carbons (Fsp3) is 0.444. The summed E-state index contributed by atoms with van der Waals surface area (Å²) in [5.41, 5.74) is 0.478. The summed E-state index contributed by atoms with van der Waals surface area (Å²) in [4.78, 5) is 50.0. The average Bonchev–Trinajstić information content (AvgIpc) is 3.16. The largest absolute Gasteiger partial charge is 0.465 e. The lowest BCUT2D eigenvalue weighted by molar-refractivity contribution is -0.135. The molecule has 2 amide bonds. The topological polar surface area (TPSA) is 102 Å². The Morgan fingerprint density at radius 3 is 2.30 bits per heavy atom. The van der Waals surface area contributed by atoms with Crippen LogP contribution in [0.5, 0.6) is 0 Å². The summed E-state index contributed by atoms with van der Waals surface area (Å²) in [6.45, 7) is 1.96. The minimum Gasteiger partial charge on any atom is -0.465 e. The van der Waals surface area contributed by atoms with Gasteiger partial charge in [-0.25, -0.2) is 9.59 Å². The van der Waals surface area contributed by atoms with Gasteiger partial charge in [-0.3, -0.25) is 9.59 Å². The quantitative estimate of drug-likeness (QED) is 0.778. The van der Waals surface area contributed by atoms with Crippen LogP contribution in [0, 0.1) is 0 Å². The molecule has 2 atom stereocenters. The first-order valence-corrected chi connectivity index (χ1v) is 9.36. The predicted octanol–water partition coefficient (Wildman–Crippen LogP) is 1.65. The number of hydrogen-bond donors (Lipinski definition) is 1. The van der Waals surface area contributed by atoms with Gasteiger partial charge in [-0.05, 0) is 31.5 Å². The van der Waals surface area contributed by atoms with Crippen molar-refractivity contribution >= 4 is 41.2 Å². The number of hydrogen-bond acceptors (Lipinski definition) is 7. The highest BCUT2D eigenvalue weighted by Crippen LogP contribution is 2.47. The van der Waals surface area contributed by atoms with E-state index in [9.17, 15) is 19.2 Å². The number of amides is 2. The molecule has 2 aliphatic heterocycles. The average molecular weight is 392 g/mol. The standard InChI is InChI=1S/C18H20N2O6S/c1-18-5-4-14(21)20(18)13(9-27-18)15(22)19-12-7-10(16(23)25-2)6-11(8-12)17(24)26-3/h6-8,13H,4-5,9H2,1-3H3,(H,19,22)/t13-,18+/m1/s1. The molecule has 0 saturated carbocycles. The van der Waals surface area contributed by atoms with Crippen LogP contribution in [0.1, 0.15) is 40.5 Å². The number of anilines is 1. The number of esters is 2. The van der Waals surface area contributed by atoms with E-state index in [1.54, 1.807) is 16.7 Å². The number of fused-ring (bicyclic) bond motifs is 1. The molecule has 2 aliphatic rings. The van der Waals surface area contributed by atoms with Crippen molar-refractivity contribution in [3.63, 3.8) is 0 Å². The zero-order valence-electron chi connectivity index (χ0n) is 15.2. The molecule has 1 aromatic carbocycles. The third kappa shape index (κ3) is 3.51. The first-order valence-electron chi connectivity index (χ1n) is 8.38. The van der Waals surface area contributed by atoms with Gasteiger partial charge in [0.25, 0.3) is 0 Å². The Labute approximate surface area is 160 Å². The van der Waals surface area contributed by atoms with Crippen molar-refractivity contribution in [2.75, 3.05) is 25.3 Å². The first-order chi connectivity index (χ1) is 12.8. The summed E-state index contributed by atoms with van der Waals surface area (Å²) < 4.78 is 9.38. The lowest BCUT2D eigenvalue weighted by Crippen LogP contribution is -2.48. The van der Waals surface area contributed by atoms with E-state index in [0.29, 0.717) is 18.6 Å². The van der Waals surface area contributed by atoms with E-state index in [-0.39, 0.29) is 33.5 Å². The molecule has 0 bridgehead atoms. The third-order valence-corrected chi connectivity index (χ3v) is 6.30. The number of nitrogens with zero attached hydrogens (tertiary/aromatic N) is 1. The number of rotatable bonds is 4. The zero-order valence-corrected chi connectivity index (χ0v) is 16.1. The number of thioether (sulfide) groups is 1. The van der Waals surface area contributed by atoms with Crippen LogP contribution < -0.4 is 5.32 Å². The number of benzene rings is 1. The van der Waals surface area contributed by atoms with E-state index in [1.165, 1.54) is 32.4 Å². The first kappa shape index (κ1) is 19.2. The highest BCUT2D eigenvalue weighted by molar-refractivity contribution is 8.01. The van der Waals surface area contributed by atoms with Crippen LogP contribution in [0.4, 0.5) is 5.69 Å². The van der Waals surface area contributed by atoms with Crippen molar-refractivity contribution in [1.82, 2.24) is 4.90 Å². The summed E-state index contributed by atoms with van der Waals surface area (Å²) in [5.74, 6) is -1.19. The minimum atomic E-state index is -0.644. The number of methoxy groups -OCH3 is 2. The van der Waals surface area contributed by atoms with Crippen molar-refractivity contribution in [2.24, 2.45) is 0 Å². The van der Waals surface area contributed by atoms with Crippen LogP contribution in [0.15, 0.2) is 18.2 Å². The van der Waals surface area contributed by atoms with Gasteiger partial charge in [-0.2, -0.15) is 0 Å². The van der Waals surface area contributed by atoms with Crippen LogP contribution in [0.25, 0.3) is 0 Å². The summed E-state index contributed by atoms with van der Waals surface area (Å²) in [5, 5.41) is 2.71. The van der Waals surface area contributed by atoms with Gasteiger partial charge < -0.3 is 19.7 Å². The third-order valence-electron chi connectivity index (χ3n) is 4.79. The molecular weight excluding hydrogens is 372 g/mol. The van der Waals surface area contributed by atoms with Crippen LogP contribution in [0.2, 0.25) is 0 Å². The van der Waals surface area contributed by atoms with Crippen molar-refractivity contribution in [3.05, 3.63) is 29.3 Å². The van der Waals surface area contributed by atoms with E-state index >= 15 is 0 Å². The Morgan fingerprint density at radius 1 is 1.15 bits per heavy atom. The van der Waals surface area contributed by atoms with Crippen molar-refractivity contribution in [2.45, 2.75) is 30.7 Å². The predicted molar refractivity (Wildman–Crippen MR) is 98.5 cm³/mol. The maximum atomic E-state index is 12.8. The van der Waals surface area contributed by atoms with Gasteiger partial charge in [-0.1, -0.05) is 0 Å². The van der Waals surface area contributed by atoms with Gasteiger partial charge in [0.05, 0.1) is 30.2 Å². The Hall–Kier alpha value is -2.55. The van der Waals surface area contributed by atoms with Crippen molar-refractivity contribution in [3.8, 4) is 0 Å². The molecule has 1 aromatic rings. The summed E-state index contributed by atoms with van der Waals surface area (Å²) in [6.07, 6.45) is 1.14. The monoisotopic (exact) mass is 392 g/mol. The summed E-state index contributed by atoms with van der Waals surface area (Å²) in [7, 11) is 2.45. The molecule has 0 unspecified atom stereocenters. The molecule has 8 nitrogen and oxygen atoms in total. The molecule has 144 valence electrons. The molecule has 2 heterocycles. The maximum absolute atomic E-state index is 12.8. The molecule has 0 radical (unpaired) electrons. The van der Waals surface area contributed by atoms with Gasteiger partial charge >= 0.3 is 11.9 Å². The highest BCUT2D eigenvalue weighted by atomic mass is 32.2. The second-order valence-corrected chi connectivity index (χ2v) is 8.04. The molecule has 1 N–H and O–H groups in total. The lowest BCUT2D eigenvalue weighted by Gasteiger charge is -2.29. The second-order valence-electron chi connectivity index (χ2n) is 6.54. The smallest absolute Gasteiger partial charge is 0.337 e. The Kier molecular flexibility index (Phi) is 5.14. The second kappa shape index (κ2) is 7.22. The van der Waals surface area contributed by atoms with E-state index in [1.807, 2.05) is 6.92 Å². The number of carbonyl (C=O) groups excluding carboxylic acids is 4. The van der Waals surface area contributed by atoms with Crippen LogP contribution >= 0.6 is 11.8 Å². The molecule has 0 aliphatic carbocycles. The van der Waals surface area contributed by atoms with Crippen LogP contribution in [-0.4, -0.2) is 59.5 Å². The zero-order chi connectivity index (χ0) is 19.8. The highest BCUT2D eigenvalue weighted by Gasteiger charge is 2.52.